The second kappa shape index (κ2) is 3.82. The highest BCUT2D eigenvalue weighted by Gasteiger charge is 2.19. The molecule has 68 valence electrons. The van der Waals surface area contributed by atoms with Gasteiger partial charge in [0.1, 0.15) is 6.17 Å². The van der Waals surface area contributed by atoms with Crippen LogP contribution in [0.15, 0.2) is 10.3 Å². The molecular formula is C7H15N5. The van der Waals surface area contributed by atoms with Crippen molar-refractivity contribution in [1.29, 1.82) is 0 Å². The van der Waals surface area contributed by atoms with Crippen molar-refractivity contribution in [3.63, 3.8) is 0 Å². The fourth-order valence-electron chi connectivity index (χ4n) is 1.77. The molecule has 0 spiro atoms. The molecule has 0 saturated carbocycles. The summed E-state index contributed by atoms with van der Waals surface area (Å²) in [4.78, 5) is 0. The zero-order valence-corrected chi connectivity index (χ0v) is 7.08. The quantitative estimate of drug-likeness (QED) is 0.552. The van der Waals surface area contributed by atoms with Gasteiger partial charge in [0.15, 0.2) is 0 Å². The first-order valence-electron chi connectivity index (χ1n) is 4.56. The minimum Gasteiger partial charge on any atom is -0.317 e. The van der Waals surface area contributed by atoms with Crippen LogP contribution in [0.3, 0.4) is 0 Å². The van der Waals surface area contributed by atoms with E-state index in [4.69, 9.17) is 0 Å². The molecule has 1 saturated heterocycles. The van der Waals surface area contributed by atoms with Crippen LogP contribution in [0.5, 0.6) is 0 Å². The number of nitrogens with one attached hydrogen (secondary N) is 3. The van der Waals surface area contributed by atoms with Gasteiger partial charge in [-0.15, -0.1) is 5.11 Å². The number of piperidine rings is 1. The molecule has 0 aromatic carbocycles. The van der Waals surface area contributed by atoms with E-state index in [-0.39, 0.29) is 6.17 Å². The van der Waals surface area contributed by atoms with Crippen molar-refractivity contribution in [2.24, 2.45) is 16.3 Å². The molecule has 0 bridgehead atoms. The Morgan fingerprint density at radius 3 is 2.75 bits per heavy atom. The van der Waals surface area contributed by atoms with Crippen molar-refractivity contribution in [2.75, 3.05) is 13.1 Å². The summed E-state index contributed by atoms with van der Waals surface area (Å²) in [5.74, 6) is 0.808. The van der Waals surface area contributed by atoms with Crippen LogP contribution in [0.4, 0.5) is 0 Å². The van der Waals surface area contributed by atoms with Gasteiger partial charge < -0.3 is 5.32 Å². The topological polar surface area (TPSA) is 60.8 Å². The third-order valence-corrected chi connectivity index (χ3v) is 2.49. The summed E-state index contributed by atoms with van der Waals surface area (Å²) in [7, 11) is 0. The fraction of sp³-hybridized carbons (Fsp3) is 1.00. The molecule has 0 aromatic heterocycles. The Kier molecular flexibility index (Phi) is 2.53. The van der Waals surface area contributed by atoms with Gasteiger partial charge in [-0.2, -0.15) is 5.43 Å². The first-order valence-corrected chi connectivity index (χ1v) is 4.56. The maximum atomic E-state index is 4.01. The van der Waals surface area contributed by atoms with Gasteiger partial charge in [-0.05, 0) is 38.3 Å². The molecule has 0 aromatic rings. The minimum atomic E-state index is 0.202. The van der Waals surface area contributed by atoms with Crippen molar-refractivity contribution >= 4 is 0 Å². The van der Waals surface area contributed by atoms with E-state index in [0.717, 1.165) is 25.4 Å². The van der Waals surface area contributed by atoms with Gasteiger partial charge in [0, 0.05) is 0 Å². The minimum absolute atomic E-state index is 0.202. The molecule has 5 heteroatoms. The SMILES string of the molecule is C1CC(CC2N=NNN2)CCN1. The lowest BCUT2D eigenvalue weighted by atomic mass is 9.93. The molecule has 2 heterocycles. The van der Waals surface area contributed by atoms with Crippen molar-refractivity contribution in [3.05, 3.63) is 0 Å². The summed E-state index contributed by atoms with van der Waals surface area (Å²) in [5, 5.41) is 11.0. The van der Waals surface area contributed by atoms with Crippen molar-refractivity contribution in [2.45, 2.75) is 25.4 Å². The summed E-state index contributed by atoms with van der Waals surface area (Å²) in [5.41, 5.74) is 5.65. The highest BCUT2D eigenvalue weighted by atomic mass is 15.7. The average Bonchev–Trinajstić information content (AvgIpc) is 2.59. The number of hydrogen-bond acceptors (Lipinski definition) is 5. The smallest absolute Gasteiger partial charge is 0.141 e. The maximum absolute atomic E-state index is 4.01. The molecule has 12 heavy (non-hydrogen) atoms. The molecule has 1 atom stereocenters. The number of hydrogen-bond donors (Lipinski definition) is 3. The molecule has 2 aliphatic heterocycles. The second-order valence-electron chi connectivity index (χ2n) is 3.42. The van der Waals surface area contributed by atoms with Gasteiger partial charge in [-0.3, -0.25) is 0 Å². The molecule has 0 aliphatic carbocycles. The highest BCUT2D eigenvalue weighted by Crippen LogP contribution is 2.18. The molecule has 0 amide bonds. The van der Waals surface area contributed by atoms with Crippen LogP contribution in [-0.4, -0.2) is 19.3 Å². The van der Waals surface area contributed by atoms with E-state index in [2.05, 4.69) is 26.6 Å². The molecule has 2 aliphatic rings. The lowest BCUT2D eigenvalue weighted by Crippen LogP contribution is -2.35. The molecule has 5 nitrogen and oxygen atoms in total. The summed E-state index contributed by atoms with van der Waals surface area (Å²) >= 11 is 0. The third-order valence-electron chi connectivity index (χ3n) is 2.49. The van der Waals surface area contributed by atoms with E-state index in [1.165, 1.54) is 12.8 Å². The van der Waals surface area contributed by atoms with E-state index in [9.17, 15) is 0 Å². The van der Waals surface area contributed by atoms with E-state index in [1.807, 2.05) is 0 Å². The van der Waals surface area contributed by atoms with Gasteiger partial charge in [0.25, 0.3) is 0 Å². The fourth-order valence-corrected chi connectivity index (χ4v) is 1.77. The molecule has 1 fully saturated rings. The largest absolute Gasteiger partial charge is 0.317 e. The van der Waals surface area contributed by atoms with Crippen molar-refractivity contribution < 1.29 is 0 Å². The first kappa shape index (κ1) is 7.94. The monoisotopic (exact) mass is 169 g/mol. The molecule has 2 rings (SSSR count). The van der Waals surface area contributed by atoms with E-state index < -0.39 is 0 Å². The summed E-state index contributed by atoms with van der Waals surface area (Å²) < 4.78 is 0. The predicted octanol–water partition coefficient (Wildman–Crippen LogP) is 0.177. The number of hydrazine groups is 1. The van der Waals surface area contributed by atoms with Crippen LogP contribution < -0.4 is 16.3 Å². The Morgan fingerprint density at radius 2 is 2.08 bits per heavy atom. The molecular weight excluding hydrogens is 154 g/mol. The van der Waals surface area contributed by atoms with Gasteiger partial charge in [-0.25, -0.2) is 5.53 Å². The Labute approximate surface area is 72.0 Å². The van der Waals surface area contributed by atoms with Gasteiger partial charge in [-0.1, -0.05) is 5.22 Å². The van der Waals surface area contributed by atoms with E-state index >= 15 is 0 Å². The number of nitrogens with zero attached hydrogens (tertiary/aromatic N) is 2. The standard InChI is InChI=1S/C7H15N5/c1-3-8-4-2-6(1)5-7-9-11-12-10-7/h6-8H,1-5H2,(H,9,12)(H,10,11). The zero-order chi connectivity index (χ0) is 8.23. The second-order valence-corrected chi connectivity index (χ2v) is 3.42. The van der Waals surface area contributed by atoms with Crippen LogP contribution in [0.1, 0.15) is 19.3 Å². The Balaban J connectivity index is 1.73. The highest BCUT2D eigenvalue weighted by molar-refractivity contribution is 4.74. The van der Waals surface area contributed by atoms with Gasteiger partial charge in [0.05, 0.1) is 0 Å². The van der Waals surface area contributed by atoms with Crippen molar-refractivity contribution in [1.82, 2.24) is 16.3 Å². The van der Waals surface area contributed by atoms with Gasteiger partial charge >= 0.3 is 0 Å². The maximum Gasteiger partial charge on any atom is 0.141 e. The molecule has 3 N–H and O–H groups in total. The summed E-state index contributed by atoms with van der Waals surface area (Å²) in [6, 6.07) is 0. The van der Waals surface area contributed by atoms with Crippen LogP contribution >= 0.6 is 0 Å². The van der Waals surface area contributed by atoms with E-state index in [1.54, 1.807) is 0 Å². The Hall–Kier alpha value is -0.680. The van der Waals surface area contributed by atoms with E-state index in [0.29, 0.717) is 0 Å². The van der Waals surface area contributed by atoms with Gasteiger partial charge in [0.2, 0.25) is 0 Å². The van der Waals surface area contributed by atoms with Crippen LogP contribution in [0, 0.1) is 5.92 Å². The zero-order valence-electron chi connectivity index (χ0n) is 7.08. The first-order chi connectivity index (χ1) is 5.95. The molecule has 1 unspecified atom stereocenters. The summed E-state index contributed by atoms with van der Waals surface area (Å²) in [6.45, 7) is 2.31. The molecule has 0 radical (unpaired) electrons. The lowest BCUT2D eigenvalue weighted by Gasteiger charge is -2.23. The average molecular weight is 169 g/mol. The predicted molar refractivity (Wildman–Crippen MR) is 45.1 cm³/mol. The van der Waals surface area contributed by atoms with Crippen LogP contribution in [-0.2, 0) is 0 Å². The Bertz CT molecular complexity index is 163. The Morgan fingerprint density at radius 1 is 1.25 bits per heavy atom. The summed E-state index contributed by atoms with van der Waals surface area (Å²) in [6.07, 6.45) is 3.85. The normalized spacial score (nSPS) is 30.5. The van der Waals surface area contributed by atoms with Crippen LogP contribution in [0.2, 0.25) is 0 Å². The lowest BCUT2D eigenvalue weighted by molar-refractivity contribution is 0.315. The van der Waals surface area contributed by atoms with Crippen LogP contribution in [0.25, 0.3) is 0 Å². The van der Waals surface area contributed by atoms with Crippen molar-refractivity contribution in [3.8, 4) is 0 Å². The third kappa shape index (κ3) is 1.92. The number of rotatable bonds is 2.